The molecule has 30 heavy (non-hydrogen) atoms. The maximum atomic E-state index is 12.7. The van der Waals surface area contributed by atoms with Gasteiger partial charge in [0, 0.05) is 11.3 Å². The van der Waals surface area contributed by atoms with Crippen LogP contribution in [0.25, 0.3) is 12.2 Å². The monoisotopic (exact) mass is 445 g/mol. The van der Waals surface area contributed by atoms with Crippen molar-refractivity contribution >= 4 is 50.8 Å². The van der Waals surface area contributed by atoms with Crippen molar-refractivity contribution in [2.24, 2.45) is 0 Å². The Hall–Kier alpha value is -2.91. The second-order valence-corrected chi connectivity index (χ2v) is 9.85. The smallest absolute Gasteiger partial charge is 0.271 e. The Morgan fingerprint density at radius 3 is 2.63 bits per heavy atom. The Bertz CT molecular complexity index is 1210. The molecule has 3 rings (SSSR count). The number of nitrogens with one attached hydrogen (secondary N) is 2. The van der Waals surface area contributed by atoms with Crippen LogP contribution in [-0.4, -0.2) is 19.5 Å². The minimum Gasteiger partial charge on any atom is -0.354 e. The van der Waals surface area contributed by atoms with E-state index in [-0.39, 0.29) is 10.1 Å². The summed E-state index contributed by atoms with van der Waals surface area (Å²) in [6, 6.07) is 8.82. The Balaban J connectivity index is 1.79. The van der Waals surface area contributed by atoms with Crippen LogP contribution in [0.3, 0.4) is 0 Å². The Kier molecular flexibility index (Phi) is 6.42. The summed E-state index contributed by atoms with van der Waals surface area (Å²) in [5.41, 5.74) is 3.57. The molecule has 0 bridgehead atoms. The third kappa shape index (κ3) is 4.98. The molecule has 0 fully saturated rings. The van der Waals surface area contributed by atoms with Crippen LogP contribution in [0, 0.1) is 20.8 Å². The van der Waals surface area contributed by atoms with Gasteiger partial charge in [0.2, 0.25) is 5.91 Å². The maximum absolute atomic E-state index is 12.7. The van der Waals surface area contributed by atoms with E-state index in [0.717, 1.165) is 27.3 Å². The van der Waals surface area contributed by atoms with Crippen LogP contribution in [0.15, 0.2) is 39.1 Å². The van der Waals surface area contributed by atoms with Gasteiger partial charge in [-0.05, 0) is 56.7 Å². The van der Waals surface area contributed by atoms with Crippen molar-refractivity contribution < 1.29 is 17.7 Å². The average molecular weight is 446 g/mol. The predicted molar refractivity (Wildman–Crippen MR) is 120 cm³/mol. The first kappa shape index (κ1) is 21.8. The van der Waals surface area contributed by atoms with E-state index in [9.17, 15) is 13.2 Å². The molecular formula is C21H23N3O4S2. The second-order valence-electron chi connectivity index (χ2n) is 6.82. The van der Waals surface area contributed by atoms with E-state index in [1.54, 1.807) is 44.2 Å². The molecule has 1 aromatic carbocycles. The number of carbonyl (C=O) groups excluding carboxylic acids is 1. The molecule has 7 nitrogen and oxygen atoms in total. The molecule has 2 N–H and O–H groups in total. The lowest BCUT2D eigenvalue weighted by atomic mass is 10.1. The van der Waals surface area contributed by atoms with Gasteiger partial charge in [0.05, 0.1) is 5.69 Å². The molecule has 0 aliphatic rings. The number of hydrogen-bond donors (Lipinski definition) is 2. The summed E-state index contributed by atoms with van der Waals surface area (Å²) in [5, 5.41) is 6.64. The van der Waals surface area contributed by atoms with Gasteiger partial charge in [-0.2, -0.15) is 0 Å². The molecule has 0 atom stereocenters. The largest absolute Gasteiger partial charge is 0.354 e. The normalized spacial score (nSPS) is 11.7. The molecule has 0 radical (unpaired) electrons. The lowest BCUT2D eigenvalue weighted by Crippen LogP contribution is -2.12. The molecule has 1 amide bonds. The number of amides is 1. The van der Waals surface area contributed by atoms with Crippen LogP contribution in [0.5, 0.6) is 0 Å². The number of benzene rings is 1. The van der Waals surface area contributed by atoms with E-state index in [2.05, 4.69) is 15.2 Å². The van der Waals surface area contributed by atoms with Gasteiger partial charge in [-0.3, -0.25) is 9.52 Å². The third-order valence-corrected chi connectivity index (χ3v) is 7.27. The highest BCUT2D eigenvalue weighted by molar-refractivity contribution is 7.94. The van der Waals surface area contributed by atoms with Crippen LogP contribution in [0.1, 0.15) is 40.8 Å². The topological polar surface area (TPSA) is 101 Å². The first-order chi connectivity index (χ1) is 14.2. The van der Waals surface area contributed by atoms with Crippen LogP contribution in [0.2, 0.25) is 0 Å². The molecule has 0 aliphatic carbocycles. The van der Waals surface area contributed by atoms with Gasteiger partial charge in [0.25, 0.3) is 10.0 Å². The Morgan fingerprint density at radius 1 is 1.17 bits per heavy atom. The minimum absolute atomic E-state index is 0.141. The highest BCUT2D eigenvalue weighted by Gasteiger charge is 2.18. The van der Waals surface area contributed by atoms with E-state index >= 15 is 0 Å². The molecule has 0 saturated carbocycles. The van der Waals surface area contributed by atoms with Crippen molar-refractivity contribution in [1.29, 1.82) is 0 Å². The van der Waals surface area contributed by atoms with Gasteiger partial charge in [-0.1, -0.05) is 29.8 Å². The van der Waals surface area contributed by atoms with E-state index in [1.807, 2.05) is 26.0 Å². The van der Waals surface area contributed by atoms with Gasteiger partial charge in [-0.25, -0.2) is 8.42 Å². The summed E-state index contributed by atoms with van der Waals surface area (Å²) in [6.07, 6.45) is 3.72. The predicted octanol–water partition coefficient (Wildman–Crippen LogP) is 4.98. The average Bonchev–Trinajstić information content (AvgIpc) is 3.30. The molecule has 0 saturated heterocycles. The van der Waals surface area contributed by atoms with Crippen molar-refractivity contribution in [3.8, 4) is 0 Å². The van der Waals surface area contributed by atoms with E-state index < -0.39 is 10.0 Å². The summed E-state index contributed by atoms with van der Waals surface area (Å²) in [7, 11) is -3.69. The minimum atomic E-state index is -3.69. The second kappa shape index (κ2) is 8.85. The lowest BCUT2D eigenvalue weighted by molar-refractivity contribution is -0.115. The van der Waals surface area contributed by atoms with Gasteiger partial charge in [0.1, 0.15) is 15.6 Å². The number of anilines is 2. The summed E-state index contributed by atoms with van der Waals surface area (Å²) in [5.74, 6) is 0.262. The third-order valence-electron chi connectivity index (χ3n) is 4.37. The first-order valence-electron chi connectivity index (χ1n) is 9.33. The van der Waals surface area contributed by atoms with Crippen molar-refractivity contribution in [2.75, 3.05) is 10.0 Å². The molecule has 158 valence electrons. The molecule has 2 heterocycles. The van der Waals surface area contributed by atoms with Gasteiger partial charge >= 0.3 is 0 Å². The zero-order valence-corrected chi connectivity index (χ0v) is 18.8. The number of aromatic nitrogens is 1. The number of carbonyl (C=O) groups is 1. The summed E-state index contributed by atoms with van der Waals surface area (Å²) in [6.45, 7) is 7.31. The number of aryl methyl sites for hydroxylation is 3. The molecule has 0 spiro atoms. The lowest BCUT2D eigenvalue weighted by Gasteiger charge is -2.09. The highest BCUT2D eigenvalue weighted by atomic mass is 32.2. The Morgan fingerprint density at radius 2 is 1.93 bits per heavy atom. The number of nitrogens with zero attached hydrogens (tertiary/aromatic N) is 1. The SMILES string of the molecule is CCC(=O)Nc1c(C)noc1C=Cc1ccc(S(=O)(=O)Nc2ccc(C)cc2C)s1. The fourth-order valence-corrected chi connectivity index (χ4v) is 5.09. The quantitative estimate of drug-likeness (QED) is 0.534. The molecule has 0 unspecified atom stereocenters. The van der Waals surface area contributed by atoms with Crippen molar-refractivity contribution in [1.82, 2.24) is 5.16 Å². The Labute approximate surface area is 179 Å². The van der Waals surface area contributed by atoms with Crippen LogP contribution in [-0.2, 0) is 14.8 Å². The molecule has 9 heteroatoms. The standard InChI is InChI=1S/C21H23N3O4S2/c1-5-19(25)22-21-15(4)23-28-18(21)10-7-16-8-11-20(29-16)30(26,27)24-17-9-6-13(2)12-14(17)3/h6-12,24H,5H2,1-4H3,(H,22,25). The van der Waals surface area contributed by atoms with Crippen LogP contribution in [0.4, 0.5) is 11.4 Å². The number of hydrogen-bond acceptors (Lipinski definition) is 6. The van der Waals surface area contributed by atoms with Crippen LogP contribution >= 0.6 is 11.3 Å². The molecule has 3 aromatic rings. The zero-order chi connectivity index (χ0) is 21.9. The van der Waals surface area contributed by atoms with Crippen LogP contribution < -0.4 is 10.0 Å². The first-order valence-corrected chi connectivity index (χ1v) is 11.6. The molecule has 2 aromatic heterocycles. The number of sulfonamides is 1. The number of thiophene rings is 1. The van der Waals surface area contributed by atoms with Crippen molar-refractivity contribution in [3.63, 3.8) is 0 Å². The van der Waals surface area contributed by atoms with Gasteiger partial charge in [0.15, 0.2) is 5.76 Å². The number of rotatable bonds is 7. The van der Waals surface area contributed by atoms with E-state index in [1.165, 1.54) is 0 Å². The van der Waals surface area contributed by atoms with Crippen molar-refractivity contribution in [3.05, 3.63) is 57.8 Å². The highest BCUT2D eigenvalue weighted by Crippen LogP contribution is 2.28. The van der Waals surface area contributed by atoms with E-state index in [4.69, 9.17) is 4.52 Å². The fraction of sp³-hybridized carbons (Fsp3) is 0.238. The summed E-state index contributed by atoms with van der Waals surface area (Å²) >= 11 is 1.13. The summed E-state index contributed by atoms with van der Waals surface area (Å²) in [4.78, 5) is 12.4. The van der Waals surface area contributed by atoms with Gasteiger partial charge in [-0.15, -0.1) is 11.3 Å². The van der Waals surface area contributed by atoms with Crippen molar-refractivity contribution in [2.45, 2.75) is 38.3 Å². The maximum Gasteiger partial charge on any atom is 0.271 e. The fourth-order valence-electron chi connectivity index (χ4n) is 2.73. The van der Waals surface area contributed by atoms with E-state index in [0.29, 0.717) is 29.2 Å². The summed E-state index contributed by atoms with van der Waals surface area (Å²) < 4.78 is 33.6. The molecular weight excluding hydrogens is 422 g/mol. The zero-order valence-electron chi connectivity index (χ0n) is 17.1. The molecule has 0 aliphatic heterocycles. The van der Waals surface area contributed by atoms with Gasteiger partial charge < -0.3 is 9.84 Å².